The first-order valence-corrected chi connectivity index (χ1v) is 5.99. The van der Waals surface area contributed by atoms with Gasteiger partial charge in [-0.25, -0.2) is 0 Å². The van der Waals surface area contributed by atoms with Gasteiger partial charge in [-0.15, -0.1) is 13.2 Å². The van der Waals surface area contributed by atoms with Gasteiger partial charge in [-0.1, -0.05) is 19.1 Å². The quantitative estimate of drug-likeness (QED) is 0.846. The zero-order chi connectivity index (χ0) is 13.6. The number of ether oxygens (including phenoxy) is 1. The highest BCUT2D eigenvalue weighted by atomic mass is 19.4. The van der Waals surface area contributed by atoms with Crippen molar-refractivity contribution < 1.29 is 17.9 Å². The first kappa shape index (κ1) is 14.8. The van der Waals surface area contributed by atoms with Gasteiger partial charge < -0.3 is 10.1 Å². The molecule has 0 aliphatic carbocycles. The Morgan fingerprint density at radius 3 is 2.67 bits per heavy atom. The molecule has 102 valence electrons. The van der Waals surface area contributed by atoms with Crippen LogP contribution >= 0.6 is 0 Å². The summed E-state index contributed by atoms with van der Waals surface area (Å²) in [6.07, 6.45) is -3.03. The van der Waals surface area contributed by atoms with Crippen molar-refractivity contribution in [3.8, 4) is 5.75 Å². The number of aryl methyl sites for hydroxylation is 1. The molecule has 18 heavy (non-hydrogen) atoms. The van der Waals surface area contributed by atoms with Gasteiger partial charge in [-0.05, 0) is 44.0 Å². The third-order valence-corrected chi connectivity index (χ3v) is 2.55. The van der Waals surface area contributed by atoms with Crippen LogP contribution in [0.4, 0.5) is 13.2 Å². The summed E-state index contributed by atoms with van der Waals surface area (Å²) < 4.78 is 40.0. The highest BCUT2D eigenvalue weighted by Crippen LogP contribution is 2.23. The molecule has 0 bridgehead atoms. The van der Waals surface area contributed by atoms with Crippen LogP contribution in [0.2, 0.25) is 0 Å². The summed E-state index contributed by atoms with van der Waals surface area (Å²) in [7, 11) is 0. The fourth-order valence-corrected chi connectivity index (χ4v) is 1.73. The summed E-state index contributed by atoms with van der Waals surface area (Å²) in [5.41, 5.74) is 0.849. The standard InChI is InChI=1S/C13H18F3NO/c1-3-17-10(2)7-8-11-5-4-6-12(9-11)18-13(14,15)16/h4-6,9-10,17H,3,7-8H2,1-2H3. The highest BCUT2D eigenvalue weighted by molar-refractivity contribution is 5.28. The summed E-state index contributed by atoms with van der Waals surface area (Å²) in [6.45, 7) is 4.96. The van der Waals surface area contributed by atoms with Crippen LogP contribution in [0.5, 0.6) is 5.75 Å². The second kappa shape index (κ2) is 6.64. The van der Waals surface area contributed by atoms with Gasteiger partial charge >= 0.3 is 6.36 Å². The van der Waals surface area contributed by atoms with Gasteiger partial charge in [0.1, 0.15) is 5.75 Å². The van der Waals surface area contributed by atoms with Crippen LogP contribution in [-0.2, 0) is 6.42 Å². The Hall–Kier alpha value is -1.23. The fraction of sp³-hybridized carbons (Fsp3) is 0.538. The predicted molar refractivity (Wildman–Crippen MR) is 64.6 cm³/mol. The molecule has 2 nitrogen and oxygen atoms in total. The molecule has 0 saturated heterocycles. The number of halogens is 3. The Kier molecular flexibility index (Phi) is 5.47. The van der Waals surface area contributed by atoms with Gasteiger partial charge in [0.15, 0.2) is 0 Å². The first-order chi connectivity index (χ1) is 8.40. The van der Waals surface area contributed by atoms with Crippen LogP contribution in [0.15, 0.2) is 24.3 Å². The molecule has 0 fully saturated rings. The van der Waals surface area contributed by atoms with E-state index >= 15 is 0 Å². The van der Waals surface area contributed by atoms with Gasteiger partial charge in [0.2, 0.25) is 0 Å². The summed E-state index contributed by atoms with van der Waals surface area (Å²) in [6, 6.07) is 6.48. The van der Waals surface area contributed by atoms with E-state index in [2.05, 4.69) is 17.0 Å². The van der Waals surface area contributed by atoms with Crippen molar-refractivity contribution in [2.24, 2.45) is 0 Å². The van der Waals surface area contributed by atoms with E-state index in [0.29, 0.717) is 6.04 Å². The monoisotopic (exact) mass is 261 g/mol. The number of hydrogen-bond donors (Lipinski definition) is 1. The lowest BCUT2D eigenvalue weighted by Crippen LogP contribution is -2.25. The maximum Gasteiger partial charge on any atom is 0.573 e. The Morgan fingerprint density at radius 1 is 1.33 bits per heavy atom. The lowest BCUT2D eigenvalue weighted by atomic mass is 10.1. The average Bonchev–Trinajstić information content (AvgIpc) is 2.25. The minimum Gasteiger partial charge on any atom is -0.406 e. The molecular weight excluding hydrogens is 243 g/mol. The maximum atomic E-state index is 12.1. The van der Waals surface area contributed by atoms with E-state index in [4.69, 9.17) is 0 Å². The van der Waals surface area contributed by atoms with Crippen LogP contribution in [0.3, 0.4) is 0 Å². The van der Waals surface area contributed by atoms with Gasteiger partial charge in [0, 0.05) is 6.04 Å². The summed E-state index contributed by atoms with van der Waals surface area (Å²) in [5, 5.41) is 3.26. The third kappa shape index (κ3) is 5.91. The zero-order valence-corrected chi connectivity index (χ0v) is 10.6. The highest BCUT2D eigenvalue weighted by Gasteiger charge is 2.31. The molecule has 5 heteroatoms. The molecule has 0 saturated carbocycles. The summed E-state index contributed by atoms with van der Waals surface area (Å²) in [5.74, 6) is -0.156. The average molecular weight is 261 g/mol. The molecule has 1 aromatic carbocycles. The van der Waals surface area contributed by atoms with Crippen LogP contribution in [0.25, 0.3) is 0 Å². The van der Waals surface area contributed by atoms with Crippen molar-refractivity contribution >= 4 is 0 Å². The van der Waals surface area contributed by atoms with E-state index in [1.807, 2.05) is 13.0 Å². The van der Waals surface area contributed by atoms with Crippen molar-refractivity contribution in [2.45, 2.75) is 39.1 Å². The van der Waals surface area contributed by atoms with Crippen LogP contribution in [0.1, 0.15) is 25.8 Å². The number of nitrogens with one attached hydrogen (secondary N) is 1. The first-order valence-electron chi connectivity index (χ1n) is 5.99. The second-order valence-corrected chi connectivity index (χ2v) is 4.19. The summed E-state index contributed by atoms with van der Waals surface area (Å²) in [4.78, 5) is 0. The molecule has 1 atom stereocenters. The van der Waals surface area contributed by atoms with E-state index in [9.17, 15) is 13.2 Å². The molecule has 0 heterocycles. The molecule has 1 aromatic rings. The molecule has 0 aliphatic heterocycles. The van der Waals surface area contributed by atoms with Gasteiger partial charge in [-0.2, -0.15) is 0 Å². The van der Waals surface area contributed by atoms with Gasteiger partial charge in [0.05, 0.1) is 0 Å². The summed E-state index contributed by atoms with van der Waals surface area (Å²) >= 11 is 0. The molecule has 0 amide bonds. The smallest absolute Gasteiger partial charge is 0.406 e. The zero-order valence-electron chi connectivity index (χ0n) is 10.6. The SMILES string of the molecule is CCNC(C)CCc1cccc(OC(F)(F)F)c1. The van der Waals surface area contributed by atoms with Crippen LogP contribution in [0, 0.1) is 0 Å². The maximum absolute atomic E-state index is 12.1. The molecular formula is C13H18F3NO. The Balaban J connectivity index is 2.54. The fourth-order valence-electron chi connectivity index (χ4n) is 1.73. The minimum absolute atomic E-state index is 0.156. The van der Waals surface area contributed by atoms with Gasteiger partial charge in [0.25, 0.3) is 0 Å². The van der Waals surface area contributed by atoms with Crippen LogP contribution in [-0.4, -0.2) is 18.9 Å². The van der Waals surface area contributed by atoms with Gasteiger partial charge in [-0.3, -0.25) is 0 Å². The lowest BCUT2D eigenvalue weighted by molar-refractivity contribution is -0.274. The third-order valence-electron chi connectivity index (χ3n) is 2.55. The molecule has 1 rings (SSSR count). The molecule has 0 aromatic heterocycles. The Morgan fingerprint density at radius 2 is 2.06 bits per heavy atom. The van der Waals surface area contributed by atoms with E-state index in [0.717, 1.165) is 24.9 Å². The topological polar surface area (TPSA) is 21.3 Å². The number of rotatable bonds is 6. The van der Waals surface area contributed by atoms with Crippen molar-refractivity contribution in [3.63, 3.8) is 0 Å². The second-order valence-electron chi connectivity index (χ2n) is 4.19. The Labute approximate surface area is 105 Å². The van der Waals surface area contributed by atoms with Crippen LogP contribution < -0.4 is 10.1 Å². The molecule has 1 N–H and O–H groups in total. The number of alkyl halides is 3. The molecule has 0 aliphatic rings. The normalized spacial score (nSPS) is 13.4. The van der Waals surface area contributed by atoms with Crippen molar-refractivity contribution in [1.82, 2.24) is 5.32 Å². The van der Waals surface area contributed by atoms with Crippen molar-refractivity contribution in [2.75, 3.05) is 6.54 Å². The van der Waals surface area contributed by atoms with E-state index < -0.39 is 6.36 Å². The van der Waals surface area contributed by atoms with Crippen molar-refractivity contribution in [3.05, 3.63) is 29.8 Å². The minimum atomic E-state index is -4.63. The lowest BCUT2D eigenvalue weighted by Gasteiger charge is -2.13. The van der Waals surface area contributed by atoms with E-state index in [-0.39, 0.29) is 5.75 Å². The number of hydrogen-bond acceptors (Lipinski definition) is 2. The molecule has 0 spiro atoms. The predicted octanol–water partition coefficient (Wildman–Crippen LogP) is 3.52. The van der Waals surface area contributed by atoms with E-state index in [1.165, 1.54) is 12.1 Å². The number of benzene rings is 1. The molecule has 0 radical (unpaired) electrons. The Bertz CT molecular complexity index is 365. The van der Waals surface area contributed by atoms with Crippen molar-refractivity contribution in [1.29, 1.82) is 0 Å². The van der Waals surface area contributed by atoms with E-state index in [1.54, 1.807) is 6.07 Å². The molecule has 1 unspecified atom stereocenters. The largest absolute Gasteiger partial charge is 0.573 e.